The zero-order valence-corrected chi connectivity index (χ0v) is 40.7. The van der Waals surface area contributed by atoms with Gasteiger partial charge in [-0.15, -0.1) is 0 Å². The highest BCUT2D eigenvalue weighted by Crippen LogP contribution is 2.72. The molecule has 2 saturated heterocycles. The topological polar surface area (TPSA) is 172 Å². The summed E-state index contributed by atoms with van der Waals surface area (Å²) in [7, 11) is 8.87. The third-order valence-corrected chi connectivity index (χ3v) is 22.4. The zero-order valence-electron chi connectivity index (χ0n) is 37.5. The Bertz CT molecular complexity index is 2570. The van der Waals surface area contributed by atoms with Crippen LogP contribution in [0.1, 0.15) is 105 Å². The maximum atomic E-state index is 13.8. The predicted octanol–water partition coefficient (Wildman–Crippen LogP) is 9.65. The van der Waals surface area contributed by atoms with E-state index in [4.69, 9.17) is 18.9 Å². The summed E-state index contributed by atoms with van der Waals surface area (Å²) < 4.78 is 25.4. The maximum absolute atomic E-state index is 13.8. The average molecular weight is 973 g/mol. The number of phenols is 3. The van der Waals surface area contributed by atoms with Gasteiger partial charge in [-0.25, -0.2) is 0 Å². The Hall–Kier alpha value is -3.44. The molecule has 1 spiro atoms. The van der Waals surface area contributed by atoms with Crippen molar-refractivity contribution in [3.8, 4) is 51.4 Å². The fourth-order valence-corrected chi connectivity index (χ4v) is 19.9. The monoisotopic (exact) mass is 972 g/mol. The van der Waals surface area contributed by atoms with E-state index in [1.54, 1.807) is 22.9 Å². The summed E-state index contributed by atoms with van der Waals surface area (Å²) in [5, 5.41) is 71.9. The Morgan fingerprint density at radius 2 is 1.79 bits per heavy atom. The number of allylic oxidation sites excluding steroid dienone is 1. The Morgan fingerprint density at radius 3 is 2.56 bits per heavy atom. The SMILES string of the molecule is COc1c(O)c(OCCC(C)C)cc(C23CCC45CCC6CC7c8cc(O)ccc8-c8c(OCCO)cc(c(c8C7(CO)CSSCC7=C(c8cc[n-]c8)CC6CC7SS4)C5C2O)O3)c1O. The number of aliphatic hydroxyl groups excluding tert-OH is 3. The molecular weight excluding hydrogens is 915 g/mol. The van der Waals surface area contributed by atoms with Crippen molar-refractivity contribution in [2.24, 2.45) is 17.8 Å². The lowest BCUT2D eigenvalue weighted by Gasteiger charge is -2.60. The molecule has 5 heterocycles. The van der Waals surface area contributed by atoms with Gasteiger partial charge in [-0.05, 0) is 127 Å². The van der Waals surface area contributed by atoms with Crippen molar-refractivity contribution in [1.82, 2.24) is 4.98 Å². The van der Waals surface area contributed by atoms with Crippen LogP contribution in [0.3, 0.4) is 0 Å². The minimum absolute atomic E-state index is 0.000933. The number of ether oxygens (including phenoxy) is 4. The summed E-state index contributed by atoms with van der Waals surface area (Å²) in [6.45, 7) is 4.08. The van der Waals surface area contributed by atoms with E-state index in [1.165, 1.54) is 23.8 Å². The molecule has 1 saturated carbocycles. The van der Waals surface area contributed by atoms with Crippen molar-refractivity contribution in [2.75, 3.05) is 45.0 Å². The molecule has 12 rings (SSSR count). The molecule has 352 valence electrons. The zero-order chi connectivity index (χ0) is 45.7. The lowest BCUT2D eigenvalue weighted by Crippen LogP contribution is -2.61. The van der Waals surface area contributed by atoms with Gasteiger partial charge in [0.15, 0.2) is 17.1 Å². The van der Waals surface area contributed by atoms with E-state index in [0.717, 1.165) is 72.1 Å². The first-order chi connectivity index (χ1) is 32.0. The van der Waals surface area contributed by atoms with Crippen LogP contribution in [0.2, 0.25) is 0 Å². The number of aromatic hydroxyl groups is 3. The van der Waals surface area contributed by atoms with Gasteiger partial charge in [-0.1, -0.05) is 69.2 Å². The van der Waals surface area contributed by atoms with Gasteiger partial charge in [0.05, 0.1) is 26.9 Å². The number of rotatable bonds is 11. The number of fused-ring (bicyclic) bond motifs is 8. The molecule has 8 aliphatic rings. The van der Waals surface area contributed by atoms with Gasteiger partial charge in [0.2, 0.25) is 11.5 Å². The van der Waals surface area contributed by atoms with Crippen molar-refractivity contribution < 1.29 is 49.6 Å². The number of aromatic nitrogens is 1. The van der Waals surface area contributed by atoms with Gasteiger partial charge < -0.3 is 54.6 Å². The standard InChI is InChI=1S/C51H58NO10S4/c1-26(2)8-14-60-39-20-36(45(56)47(59-3)46(39)57)51-11-10-50-9-6-27-17-35-33-19-30(55)4-5-31(33)41-37(61-15-13-53)21-38(62-51)42(44(50)48(51)58)43(41)49(35,24-54)25-64-63-23-34-32(28-7-12-52-22-28)16-29(27)18-40(34)65-66-50/h4-5,7,12,19-22,26-27,29,35,40,44,48,53-58H,6,8-11,13-18,23-25H2,1-3H3/q-1. The molecule has 4 aliphatic carbocycles. The minimum Gasteiger partial charge on any atom is -0.670 e. The van der Waals surface area contributed by atoms with E-state index in [-0.39, 0.29) is 71.2 Å². The van der Waals surface area contributed by atoms with Gasteiger partial charge in [-0.3, -0.25) is 0 Å². The van der Waals surface area contributed by atoms with E-state index < -0.39 is 27.8 Å². The lowest BCUT2D eigenvalue weighted by atomic mass is 9.52. The fourth-order valence-electron chi connectivity index (χ4n) is 13.0. The number of phenolic OH excluding ortho intramolecular Hbond substituents is 3. The van der Waals surface area contributed by atoms with Crippen LogP contribution in [0.4, 0.5) is 0 Å². The van der Waals surface area contributed by atoms with E-state index >= 15 is 0 Å². The Labute approximate surface area is 401 Å². The first kappa shape index (κ1) is 45.0. The van der Waals surface area contributed by atoms with Crippen molar-refractivity contribution in [3.63, 3.8) is 0 Å². The molecule has 15 heteroatoms. The van der Waals surface area contributed by atoms with Crippen molar-refractivity contribution in [2.45, 2.75) is 104 Å². The Kier molecular flexibility index (Phi) is 11.7. The maximum Gasteiger partial charge on any atom is 0.207 e. The quantitative estimate of drug-likeness (QED) is 0.0785. The summed E-state index contributed by atoms with van der Waals surface area (Å²) in [5.41, 5.74) is 6.25. The molecule has 10 bridgehead atoms. The van der Waals surface area contributed by atoms with Crippen molar-refractivity contribution in [1.29, 1.82) is 0 Å². The third-order valence-electron chi connectivity index (χ3n) is 16.2. The normalized spacial score (nSPS) is 31.6. The number of benzene rings is 3. The molecule has 0 radical (unpaired) electrons. The second-order valence-electron chi connectivity index (χ2n) is 19.9. The van der Waals surface area contributed by atoms with Crippen LogP contribution in [0.25, 0.3) is 16.7 Å². The van der Waals surface area contributed by atoms with Crippen LogP contribution in [-0.2, 0) is 11.0 Å². The molecule has 9 atom stereocenters. The van der Waals surface area contributed by atoms with Crippen LogP contribution in [0, 0.1) is 17.8 Å². The molecule has 66 heavy (non-hydrogen) atoms. The number of aliphatic hydroxyl groups is 3. The van der Waals surface area contributed by atoms with Crippen LogP contribution >= 0.6 is 43.2 Å². The summed E-state index contributed by atoms with van der Waals surface area (Å²) in [4.78, 5) is 4.54. The van der Waals surface area contributed by atoms with Gasteiger partial charge in [-0.2, -0.15) is 12.4 Å². The third kappa shape index (κ3) is 6.81. The van der Waals surface area contributed by atoms with Gasteiger partial charge in [0.25, 0.3) is 0 Å². The van der Waals surface area contributed by atoms with E-state index in [1.807, 2.05) is 63.0 Å². The largest absolute Gasteiger partial charge is 0.670 e. The minimum atomic E-state index is -1.53. The Balaban J connectivity index is 1.22. The summed E-state index contributed by atoms with van der Waals surface area (Å²) in [6.07, 6.45) is 8.88. The molecule has 6 N–H and O–H groups in total. The number of nitrogens with zero attached hydrogens (tertiary/aromatic N) is 1. The number of hydrogen-bond acceptors (Lipinski definition) is 14. The van der Waals surface area contributed by atoms with Gasteiger partial charge in [0.1, 0.15) is 30.0 Å². The second kappa shape index (κ2) is 17.2. The smallest absolute Gasteiger partial charge is 0.207 e. The predicted molar refractivity (Wildman–Crippen MR) is 263 cm³/mol. The molecule has 3 fully saturated rings. The molecule has 11 nitrogen and oxygen atoms in total. The molecule has 0 amide bonds. The number of methoxy groups -OCH3 is 1. The molecule has 4 aromatic rings. The molecular formula is C51H58NO10S4-. The van der Waals surface area contributed by atoms with Crippen LogP contribution in [0.15, 0.2) is 54.4 Å². The highest BCUT2D eigenvalue weighted by Gasteiger charge is 2.66. The first-order valence-electron chi connectivity index (χ1n) is 23.4. The molecule has 3 aromatic carbocycles. The van der Waals surface area contributed by atoms with Gasteiger partial charge in [0, 0.05) is 55.6 Å². The highest BCUT2D eigenvalue weighted by molar-refractivity contribution is 8.77. The van der Waals surface area contributed by atoms with Crippen molar-refractivity contribution >= 4 is 48.7 Å². The van der Waals surface area contributed by atoms with E-state index in [9.17, 15) is 30.6 Å². The summed E-state index contributed by atoms with van der Waals surface area (Å²) in [5.74, 6) is 1.94. The van der Waals surface area contributed by atoms with E-state index in [0.29, 0.717) is 48.5 Å². The van der Waals surface area contributed by atoms with Crippen LogP contribution in [-0.4, -0.2) is 91.8 Å². The molecule has 1 aromatic heterocycles. The summed E-state index contributed by atoms with van der Waals surface area (Å²) in [6, 6.07) is 11.2. The number of hydrogen-bond donors (Lipinski definition) is 6. The summed E-state index contributed by atoms with van der Waals surface area (Å²) >= 11 is 0. The fraction of sp³-hybridized carbons (Fsp3) is 0.529. The van der Waals surface area contributed by atoms with Crippen molar-refractivity contribution in [3.05, 3.63) is 82.2 Å². The molecule has 9 unspecified atom stereocenters. The second-order valence-corrected chi connectivity index (χ2v) is 25.2. The highest BCUT2D eigenvalue weighted by atomic mass is 33.1. The van der Waals surface area contributed by atoms with Gasteiger partial charge >= 0.3 is 0 Å². The van der Waals surface area contributed by atoms with E-state index in [2.05, 4.69) is 24.9 Å². The lowest BCUT2D eigenvalue weighted by molar-refractivity contribution is -0.125. The van der Waals surface area contributed by atoms with Crippen LogP contribution < -0.4 is 23.9 Å². The van der Waals surface area contributed by atoms with Crippen LogP contribution in [0.5, 0.6) is 40.2 Å². The molecule has 4 aliphatic heterocycles. The average Bonchev–Trinajstić information content (AvgIpc) is 3.86. The first-order valence-corrected chi connectivity index (χ1v) is 28.1. The Morgan fingerprint density at radius 1 is 0.939 bits per heavy atom.